The fraction of sp³-hybridized carbons (Fsp3) is 0.750. The zero-order chi connectivity index (χ0) is 28.3. The number of carbonyl (C=O) groups is 2. The maximum atomic E-state index is 13.7. The molecule has 1 heterocycles. The second kappa shape index (κ2) is 13.4. The third-order valence-electron chi connectivity index (χ3n) is 9.23. The molecule has 0 spiro atoms. The average molecular weight is 561 g/mol. The summed E-state index contributed by atoms with van der Waals surface area (Å²) in [6.07, 6.45) is 3.46. The quantitative estimate of drug-likeness (QED) is 0.238. The molecule has 218 valence electrons. The van der Waals surface area contributed by atoms with Crippen molar-refractivity contribution in [1.82, 2.24) is 0 Å². The molecule has 7 heteroatoms. The Morgan fingerprint density at radius 1 is 0.744 bits per heavy atom. The molecule has 1 aromatic rings. The van der Waals surface area contributed by atoms with Crippen LogP contribution in [0.2, 0.25) is 0 Å². The van der Waals surface area contributed by atoms with E-state index in [1.54, 1.807) is 0 Å². The van der Waals surface area contributed by atoms with Crippen molar-refractivity contribution in [2.45, 2.75) is 117 Å². The van der Waals surface area contributed by atoms with E-state index in [9.17, 15) is 9.59 Å². The first-order valence-corrected chi connectivity index (χ1v) is 16.4. The van der Waals surface area contributed by atoms with Crippen LogP contribution in [0.4, 0.5) is 0 Å². The van der Waals surface area contributed by atoms with Gasteiger partial charge in [-0.3, -0.25) is 0 Å². The predicted octanol–water partition coefficient (Wildman–Crippen LogP) is 7.85. The zero-order valence-corrected chi connectivity index (χ0v) is 25.8. The SMILES string of the molecule is CC(C)[C@@H]1CC[C@@H](C)C[C@H]1OC(=O)[C@@H]1OP([C@@H](C)c2ccccc2)O[C@H]1C(=O)O[C@@H]1C[C@H](C)CC[C@H]1C(C)C. The summed E-state index contributed by atoms with van der Waals surface area (Å²) in [7, 11) is -1.54. The second-order valence-electron chi connectivity index (χ2n) is 13.0. The van der Waals surface area contributed by atoms with Gasteiger partial charge >= 0.3 is 11.9 Å². The first kappa shape index (κ1) is 30.5. The summed E-state index contributed by atoms with van der Waals surface area (Å²) in [5, 5.41) is 0. The minimum Gasteiger partial charge on any atom is -0.460 e. The van der Waals surface area contributed by atoms with Crippen molar-refractivity contribution in [1.29, 1.82) is 0 Å². The Kier molecular flexibility index (Phi) is 10.5. The molecule has 0 radical (unpaired) electrons. The van der Waals surface area contributed by atoms with Gasteiger partial charge in [0.25, 0.3) is 0 Å². The molecule has 2 saturated carbocycles. The summed E-state index contributed by atoms with van der Waals surface area (Å²) >= 11 is 0. The fourth-order valence-electron chi connectivity index (χ4n) is 6.66. The average Bonchev–Trinajstić information content (AvgIpc) is 3.34. The Morgan fingerprint density at radius 2 is 1.18 bits per heavy atom. The molecule has 0 amide bonds. The van der Waals surface area contributed by atoms with Crippen molar-refractivity contribution in [2.24, 2.45) is 35.5 Å². The van der Waals surface area contributed by atoms with Gasteiger partial charge in [-0.25, -0.2) is 9.59 Å². The minimum absolute atomic E-state index is 0.106. The van der Waals surface area contributed by atoms with Gasteiger partial charge in [0.15, 0.2) is 20.6 Å². The summed E-state index contributed by atoms with van der Waals surface area (Å²) in [6.45, 7) is 15.2. The lowest BCUT2D eigenvalue weighted by Gasteiger charge is -2.37. The molecule has 39 heavy (non-hydrogen) atoms. The summed E-state index contributed by atoms with van der Waals surface area (Å²) in [5.41, 5.74) is 0.942. The topological polar surface area (TPSA) is 71.1 Å². The molecular weight excluding hydrogens is 511 g/mol. The van der Waals surface area contributed by atoms with Crippen molar-refractivity contribution in [3.63, 3.8) is 0 Å². The van der Waals surface area contributed by atoms with Crippen LogP contribution >= 0.6 is 8.38 Å². The highest BCUT2D eigenvalue weighted by molar-refractivity contribution is 7.48. The first-order valence-electron chi connectivity index (χ1n) is 15.1. The van der Waals surface area contributed by atoms with Crippen LogP contribution in [0.3, 0.4) is 0 Å². The molecule has 0 bridgehead atoms. The summed E-state index contributed by atoms with van der Waals surface area (Å²) in [4.78, 5) is 27.4. The number of hydrogen-bond donors (Lipinski definition) is 0. The third-order valence-corrected chi connectivity index (χ3v) is 11.0. The van der Waals surface area contributed by atoms with Crippen LogP contribution in [-0.2, 0) is 28.1 Å². The second-order valence-corrected chi connectivity index (χ2v) is 14.8. The van der Waals surface area contributed by atoms with E-state index in [2.05, 4.69) is 41.5 Å². The van der Waals surface area contributed by atoms with Crippen LogP contribution in [0, 0.1) is 35.5 Å². The van der Waals surface area contributed by atoms with E-state index in [1.165, 1.54) is 0 Å². The highest BCUT2D eigenvalue weighted by Gasteiger charge is 2.51. The lowest BCUT2D eigenvalue weighted by atomic mass is 9.75. The van der Waals surface area contributed by atoms with Gasteiger partial charge in [0.05, 0.1) is 5.66 Å². The van der Waals surface area contributed by atoms with Gasteiger partial charge in [0.1, 0.15) is 12.2 Å². The molecule has 1 saturated heterocycles. The molecule has 1 aliphatic heterocycles. The highest BCUT2D eigenvalue weighted by Crippen LogP contribution is 2.59. The third kappa shape index (κ3) is 7.43. The van der Waals surface area contributed by atoms with Crippen LogP contribution in [0.15, 0.2) is 30.3 Å². The van der Waals surface area contributed by atoms with Crippen LogP contribution in [-0.4, -0.2) is 36.4 Å². The normalized spacial score (nSPS) is 34.7. The molecular formula is C32H49O6P. The van der Waals surface area contributed by atoms with Gasteiger partial charge in [-0.15, -0.1) is 0 Å². The maximum Gasteiger partial charge on any atom is 0.339 e. The smallest absolute Gasteiger partial charge is 0.339 e. The number of rotatable bonds is 8. The molecule has 0 unspecified atom stereocenters. The monoisotopic (exact) mass is 560 g/mol. The Labute approximate surface area is 236 Å². The predicted molar refractivity (Wildman–Crippen MR) is 154 cm³/mol. The molecule has 3 aliphatic rings. The van der Waals surface area contributed by atoms with Crippen LogP contribution in [0.5, 0.6) is 0 Å². The Bertz CT molecular complexity index is 897. The van der Waals surface area contributed by atoms with Gasteiger partial charge in [-0.2, -0.15) is 0 Å². The van der Waals surface area contributed by atoms with Crippen molar-refractivity contribution >= 4 is 20.3 Å². The van der Waals surface area contributed by atoms with E-state index in [4.69, 9.17) is 18.5 Å². The van der Waals surface area contributed by atoms with Gasteiger partial charge in [0.2, 0.25) is 0 Å². The number of ether oxygens (including phenoxy) is 2. The molecule has 3 fully saturated rings. The molecule has 1 aromatic carbocycles. The zero-order valence-electron chi connectivity index (χ0n) is 24.9. The van der Waals surface area contributed by atoms with E-state index in [-0.39, 0.29) is 17.9 Å². The van der Waals surface area contributed by atoms with Crippen LogP contribution < -0.4 is 0 Å². The van der Waals surface area contributed by atoms with Crippen molar-refractivity contribution in [3.8, 4) is 0 Å². The van der Waals surface area contributed by atoms with Gasteiger partial charge < -0.3 is 18.5 Å². The fourth-order valence-corrected chi connectivity index (χ4v) is 8.33. The summed E-state index contributed by atoms with van der Waals surface area (Å²) in [5.74, 6) is 1.43. The molecule has 6 nitrogen and oxygen atoms in total. The van der Waals surface area contributed by atoms with E-state index in [0.29, 0.717) is 35.5 Å². The lowest BCUT2D eigenvalue weighted by molar-refractivity contribution is -0.176. The van der Waals surface area contributed by atoms with Gasteiger partial charge in [-0.1, -0.05) is 84.7 Å². The van der Waals surface area contributed by atoms with E-state index in [0.717, 1.165) is 44.1 Å². The summed E-state index contributed by atoms with van der Waals surface area (Å²) in [6, 6.07) is 9.95. The van der Waals surface area contributed by atoms with Crippen molar-refractivity contribution in [2.75, 3.05) is 0 Å². The molecule has 4 rings (SSSR count). The minimum atomic E-state index is -1.54. The van der Waals surface area contributed by atoms with E-state index in [1.807, 2.05) is 37.3 Å². The number of esters is 2. The highest BCUT2D eigenvalue weighted by atomic mass is 31.2. The Balaban J connectivity index is 1.53. The molecule has 9 atom stereocenters. The van der Waals surface area contributed by atoms with E-state index >= 15 is 0 Å². The van der Waals surface area contributed by atoms with Crippen molar-refractivity contribution < 1.29 is 28.1 Å². The molecule has 0 N–H and O–H groups in total. The van der Waals surface area contributed by atoms with Gasteiger partial charge in [0, 0.05) is 0 Å². The van der Waals surface area contributed by atoms with E-state index < -0.39 is 32.5 Å². The standard InChI is InChI=1S/C32H49O6P/c1-19(2)25-15-13-21(5)17-27(25)35-31(33)29-30(38-39(37-29)23(7)24-11-9-8-10-12-24)32(34)36-28-18-22(6)14-16-26(28)20(3)4/h8-12,19-23,25-30H,13-18H2,1-7H3/t21-,22-,23+,25+,26+,27-,28-,29-,30-/m1/s1. The number of carbonyl (C=O) groups excluding carboxylic acids is 2. The number of hydrogen-bond acceptors (Lipinski definition) is 6. The molecule has 0 aromatic heterocycles. The number of benzene rings is 1. The first-order chi connectivity index (χ1) is 18.5. The Hall–Kier alpha value is -1.49. The summed E-state index contributed by atoms with van der Waals surface area (Å²) < 4.78 is 24.9. The van der Waals surface area contributed by atoms with Crippen molar-refractivity contribution in [3.05, 3.63) is 35.9 Å². The maximum absolute atomic E-state index is 13.7. The van der Waals surface area contributed by atoms with Crippen LogP contribution in [0.1, 0.15) is 98.2 Å². The van der Waals surface area contributed by atoms with Crippen LogP contribution in [0.25, 0.3) is 0 Å². The largest absolute Gasteiger partial charge is 0.460 e. The van der Waals surface area contributed by atoms with Gasteiger partial charge in [-0.05, 0) is 73.7 Å². The Morgan fingerprint density at radius 3 is 1.59 bits per heavy atom. The molecule has 2 aliphatic carbocycles. The lowest BCUT2D eigenvalue weighted by Crippen LogP contribution is -2.45.